The lowest BCUT2D eigenvalue weighted by atomic mass is 9.99. The summed E-state index contributed by atoms with van der Waals surface area (Å²) in [5.74, 6) is -1.23. The molecule has 10 atom stereocenters. The molecule has 2 fully saturated rings. The molecule has 0 saturated carbocycles. The van der Waals surface area contributed by atoms with Crippen LogP contribution in [0.25, 0.3) is 11.2 Å². The Morgan fingerprint density at radius 2 is 1.73 bits per heavy atom. The van der Waals surface area contributed by atoms with Crippen LogP contribution < -0.4 is 5.56 Å². The van der Waals surface area contributed by atoms with Crippen molar-refractivity contribution in [2.45, 2.75) is 114 Å². The number of esters is 2. The zero-order valence-electron chi connectivity index (χ0n) is 29.3. The lowest BCUT2D eigenvalue weighted by Gasteiger charge is -2.41. The molecule has 0 radical (unpaired) electrons. The average molecular weight is 729 g/mol. The number of rotatable bonds is 17. The van der Waals surface area contributed by atoms with Gasteiger partial charge in [0.1, 0.15) is 36.6 Å². The van der Waals surface area contributed by atoms with E-state index >= 15 is 0 Å². The molecule has 4 heterocycles. The SMILES string of the molecule is CCCCCC=CC=CC(=O)OC(C)C=CCC=CC=CC(=O)OC1C(C)OC(OC2C(O)C(CO)OC2n2cnc3c(=O)[nH]cnc32)C(O)C1O. The number of fused-ring (bicyclic) bond motifs is 1. The number of aliphatic hydroxyl groups excluding tert-OH is 4. The molecule has 4 rings (SSSR count). The Labute approximate surface area is 300 Å². The summed E-state index contributed by atoms with van der Waals surface area (Å²) in [7, 11) is 0. The lowest BCUT2D eigenvalue weighted by molar-refractivity contribution is -0.314. The monoisotopic (exact) mass is 728 g/mol. The smallest absolute Gasteiger partial charge is 0.331 e. The van der Waals surface area contributed by atoms with Crippen LogP contribution in [0.2, 0.25) is 0 Å². The normalized spacial score (nSPS) is 29.0. The van der Waals surface area contributed by atoms with Crippen molar-refractivity contribution < 1.29 is 53.7 Å². The van der Waals surface area contributed by atoms with Crippen LogP contribution in [-0.4, -0.2) is 114 Å². The van der Waals surface area contributed by atoms with Crippen molar-refractivity contribution in [2.75, 3.05) is 6.61 Å². The van der Waals surface area contributed by atoms with E-state index in [0.717, 1.165) is 25.3 Å². The summed E-state index contributed by atoms with van der Waals surface area (Å²) in [5, 5.41) is 42.4. The zero-order chi connectivity index (χ0) is 37.6. The number of allylic oxidation sites excluding steroid dienone is 7. The fraction of sp³-hybridized carbons (Fsp3) is 0.528. The lowest BCUT2D eigenvalue weighted by Crippen LogP contribution is -2.59. The molecule has 0 bridgehead atoms. The first-order valence-electron chi connectivity index (χ1n) is 17.3. The third kappa shape index (κ3) is 10.9. The maximum Gasteiger partial charge on any atom is 0.331 e. The van der Waals surface area contributed by atoms with Gasteiger partial charge in [-0.05, 0) is 39.2 Å². The molecular formula is C36H48N4O12. The van der Waals surface area contributed by atoms with Crippen molar-refractivity contribution >= 4 is 23.1 Å². The number of aromatic nitrogens is 4. The highest BCUT2D eigenvalue weighted by molar-refractivity contribution is 5.83. The van der Waals surface area contributed by atoms with E-state index in [1.54, 1.807) is 31.2 Å². The maximum absolute atomic E-state index is 12.5. The van der Waals surface area contributed by atoms with Gasteiger partial charge in [-0.15, -0.1) is 0 Å². The summed E-state index contributed by atoms with van der Waals surface area (Å²) >= 11 is 0. The summed E-state index contributed by atoms with van der Waals surface area (Å²) in [6, 6.07) is 0. The first-order chi connectivity index (χ1) is 25.0. The summed E-state index contributed by atoms with van der Waals surface area (Å²) in [6.45, 7) is 4.83. The topological polar surface area (TPSA) is 225 Å². The summed E-state index contributed by atoms with van der Waals surface area (Å²) in [6.07, 6.45) is 11.4. The first-order valence-corrected chi connectivity index (χ1v) is 17.3. The molecule has 2 saturated heterocycles. The summed E-state index contributed by atoms with van der Waals surface area (Å²) < 4.78 is 29.5. The van der Waals surface area contributed by atoms with Crippen LogP contribution in [0.3, 0.4) is 0 Å². The van der Waals surface area contributed by atoms with E-state index in [2.05, 4.69) is 21.9 Å². The van der Waals surface area contributed by atoms with Crippen molar-refractivity contribution in [2.24, 2.45) is 0 Å². The van der Waals surface area contributed by atoms with Crippen LogP contribution in [0.1, 0.15) is 59.1 Å². The van der Waals surface area contributed by atoms with Gasteiger partial charge >= 0.3 is 11.9 Å². The Morgan fingerprint density at radius 1 is 0.981 bits per heavy atom. The van der Waals surface area contributed by atoms with E-state index in [1.165, 1.54) is 42.7 Å². The number of H-pyrrole nitrogens is 1. The Hall–Kier alpha value is -4.29. The highest BCUT2D eigenvalue weighted by atomic mass is 16.7. The third-order valence-corrected chi connectivity index (χ3v) is 8.37. The minimum Gasteiger partial charge on any atom is -0.455 e. The van der Waals surface area contributed by atoms with Gasteiger partial charge in [0.05, 0.1) is 25.4 Å². The number of imidazole rings is 1. The number of hydrogen-bond acceptors (Lipinski definition) is 14. The molecule has 0 aliphatic carbocycles. The van der Waals surface area contributed by atoms with Gasteiger partial charge in [0, 0.05) is 12.2 Å². The number of carbonyl (C=O) groups excluding carboxylic acids is 2. The summed E-state index contributed by atoms with van der Waals surface area (Å²) in [5.41, 5.74) is -0.377. The minimum atomic E-state index is -1.72. The van der Waals surface area contributed by atoms with Gasteiger partial charge in [-0.3, -0.25) is 9.36 Å². The molecule has 0 aromatic carbocycles. The molecule has 2 aromatic heterocycles. The second-order valence-electron chi connectivity index (χ2n) is 12.4. The average Bonchev–Trinajstić information content (AvgIpc) is 3.69. The molecule has 5 N–H and O–H groups in total. The number of nitrogens with zero attached hydrogens (tertiary/aromatic N) is 3. The van der Waals surface area contributed by atoms with Gasteiger partial charge in [0.2, 0.25) is 0 Å². The highest BCUT2D eigenvalue weighted by Gasteiger charge is 2.51. The second kappa shape index (κ2) is 20.1. The van der Waals surface area contributed by atoms with Crippen LogP contribution in [0.5, 0.6) is 0 Å². The fourth-order valence-corrected chi connectivity index (χ4v) is 5.62. The number of aliphatic hydroxyl groups is 4. The fourth-order valence-electron chi connectivity index (χ4n) is 5.62. The molecule has 52 heavy (non-hydrogen) atoms. The predicted octanol–water partition coefficient (Wildman–Crippen LogP) is 1.82. The van der Waals surface area contributed by atoms with Crippen molar-refractivity contribution in [3.63, 3.8) is 0 Å². The van der Waals surface area contributed by atoms with Gasteiger partial charge in [0.25, 0.3) is 5.56 Å². The van der Waals surface area contributed by atoms with Gasteiger partial charge in [0.15, 0.2) is 29.8 Å². The van der Waals surface area contributed by atoms with E-state index in [9.17, 15) is 34.8 Å². The molecular weight excluding hydrogens is 680 g/mol. The number of nitrogens with one attached hydrogen (secondary N) is 1. The molecule has 0 amide bonds. The molecule has 10 unspecified atom stereocenters. The van der Waals surface area contributed by atoms with Crippen LogP contribution in [-0.2, 0) is 33.3 Å². The highest BCUT2D eigenvalue weighted by Crippen LogP contribution is 2.36. The van der Waals surface area contributed by atoms with E-state index in [0.29, 0.717) is 6.42 Å². The zero-order valence-corrected chi connectivity index (χ0v) is 29.3. The predicted molar refractivity (Wildman–Crippen MR) is 186 cm³/mol. The van der Waals surface area contributed by atoms with Crippen molar-refractivity contribution in [1.82, 2.24) is 19.5 Å². The number of unbranched alkanes of at least 4 members (excludes halogenated alkanes) is 3. The summed E-state index contributed by atoms with van der Waals surface area (Å²) in [4.78, 5) is 47.2. The van der Waals surface area contributed by atoms with Gasteiger partial charge < -0.3 is 49.1 Å². The Balaban J connectivity index is 1.24. The van der Waals surface area contributed by atoms with Crippen molar-refractivity contribution in [3.05, 3.63) is 83.8 Å². The van der Waals surface area contributed by atoms with Crippen LogP contribution in [0, 0.1) is 0 Å². The molecule has 2 aliphatic rings. The van der Waals surface area contributed by atoms with E-state index in [4.69, 9.17) is 23.7 Å². The molecule has 2 aliphatic heterocycles. The molecule has 284 valence electrons. The van der Waals surface area contributed by atoms with Crippen LogP contribution >= 0.6 is 0 Å². The van der Waals surface area contributed by atoms with E-state index in [1.807, 2.05) is 18.2 Å². The standard InChI is InChI=1S/C36H48N4O12/c1-4-5-6-7-8-11-14-17-25(42)48-22(2)16-13-10-9-12-15-18-26(43)51-31-23(3)49-36(30(46)29(31)45)52-32-28(44)24(19-41)50-35(32)40-21-39-27-33(40)37-20-38-34(27)47/h8-9,11-18,20-24,28-32,35-36,41,44-46H,4-7,10,19H2,1-3H3,(H,37,38,47). The Kier molecular flexibility index (Phi) is 15.6. The number of hydrogen-bond donors (Lipinski definition) is 5. The maximum atomic E-state index is 12.5. The molecule has 16 heteroatoms. The Morgan fingerprint density at radius 3 is 2.48 bits per heavy atom. The Bertz CT molecular complexity index is 1670. The van der Waals surface area contributed by atoms with Crippen LogP contribution in [0.4, 0.5) is 0 Å². The quantitative estimate of drug-likeness (QED) is 0.0515. The van der Waals surface area contributed by atoms with Crippen molar-refractivity contribution in [1.29, 1.82) is 0 Å². The van der Waals surface area contributed by atoms with Gasteiger partial charge in [-0.1, -0.05) is 62.3 Å². The largest absolute Gasteiger partial charge is 0.455 e. The van der Waals surface area contributed by atoms with Crippen molar-refractivity contribution in [3.8, 4) is 0 Å². The minimum absolute atomic E-state index is 0.00508. The number of aromatic amines is 1. The molecule has 2 aromatic rings. The first kappa shape index (κ1) is 40.5. The van der Waals surface area contributed by atoms with Gasteiger partial charge in [-0.2, -0.15) is 0 Å². The van der Waals surface area contributed by atoms with E-state index in [-0.39, 0.29) is 11.2 Å². The molecule has 0 spiro atoms. The van der Waals surface area contributed by atoms with Crippen LogP contribution in [0.15, 0.2) is 78.2 Å². The second-order valence-corrected chi connectivity index (χ2v) is 12.4. The number of carbonyl (C=O) groups is 2. The number of ether oxygens (including phenoxy) is 5. The van der Waals surface area contributed by atoms with E-state index < -0.39 is 85.5 Å². The third-order valence-electron chi connectivity index (χ3n) is 8.37. The van der Waals surface area contributed by atoms with Gasteiger partial charge in [-0.25, -0.2) is 19.6 Å². The molecule has 16 nitrogen and oxygen atoms in total.